The van der Waals surface area contributed by atoms with Gasteiger partial charge in [0.15, 0.2) is 0 Å². The highest BCUT2D eigenvalue weighted by atomic mass is 32.2. The third-order valence-corrected chi connectivity index (χ3v) is 7.49. The van der Waals surface area contributed by atoms with Crippen molar-refractivity contribution in [3.8, 4) is 0 Å². The van der Waals surface area contributed by atoms with Gasteiger partial charge in [0, 0.05) is 11.4 Å². The summed E-state index contributed by atoms with van der Waals surface area (Å²) in [6, 6.07) is 15.3. The maximum atomic E-state index is 12.9. The molecule has 192 valence electrons. The van der Waals surface area contributed by atoms with E-state index in [9.17, 15) is 34.8 Å². The molecule has 0 aliphatic carbocycles. The van der Waals surface area contributed by atoms with Crippen LogP contribution in [0.15, 0.2) is 77.7 Å². The lowest BCUT2D eigenvalue weighted by Crippen LogP contribution is -2.37. The van der Waals surface area contributed by atoms with Crippen LogP contribution in [-0.2, 0) is 31.0 Å². The van der Waals surface area contributed by atoms with Crippen molar-refractivity contribution >= 4 is 43.0 Å². The molecule has 0 atom stereocenters. The first-order valence-electron chi connectivity index (χ1n) is 10.3. The van der Waals surface area contributed by atoms with Crippen LogP contribution in [0.1, 0.15) is 11.1 Å². The van der Waals surface area contributed by atoms with Gasteiger partial charge in [-0.15, -0.1) is 0 Å². The molecule has 0 heterocycles. The zero-order chi connectivity index (χ0) is 26.7. The lowest BCUT2D eigenvalue weighted by molar-refractivity contribution is -0.137. The number of rotatable bonds is 8. The SMILES string of the molecule is Cc1ccccc1N(CC(=O)Nc1ccc(S(=O)(=O)Nc2cccc(C(F)(F)F)c2)cc1)S(C)(=O)=O. The Balaban J connectivity index is 1.73. The Kier molecular flexibility index (Phi) is 7.65. The Morgan fingerprint density at radius 2 is 1.53 bits per heavy atom. The molecule has 3 rings (SSSR count). The number of carbonyl (C=O) groups is 1. The van der Waals surface area contributed by atoms with Gasteiger partial charge < -0.3 is 5.32 Å². The van der Waals surface area contributed by atoms with Crippen molar-refractivity contribution in [1.82, 2.24) is 0 Å². The molecule has 0 unspecified atom stereocenters. The fraction of sp³-hybridized carbons (Fsp3) is 0.174. The number of alkyl halides is 3. The van der Waals surface area contributed by atoms with Gasteiger partial charge in [0.1, 0.15) is 6.54 Å². The smallest absolute Gasteiger partial charge is 0.325 e. The van der Waals surface area contributed by atoms with Crippen molar-refractivity contribution in [2.24, 2.45) is 0 Å². The Labute approximate surface area is 206 Å². The number of anilines is 3. The van der Waals surface area contributed by atoms with Gasteiger partial charge in [0.25, 0.3) is 10.0 Å². The van der Waals surface area contributed by atoms with E-state index in [-0.39, 0.29) is 16.3 Å². The predicted octanol–water partition coefficient (Wildman–Crippen LogP) is 4.22. The highest BCUT2D eigenvalue weighted by molar-refractivity contribution is 7.92. The molecule has 1 amide bonds. The molecule has 0 bridgehead atoms. The second kappa shape index (κ2) is 10.2. The second-order valence-corrected chi connectivity index (χ2v) is 11.4. The van der Waals surface area contributed by atoms with Crippen LogP contribution in [0.3, 0.4) is 0 Å². The van der Waals surface area contributed by atoms with Gasteiger partial charge in [-0.2, -0.15) is 13.2 Å². The predicted molar refractivity (Wildman–Crippen MR) is 131 cm³/mol. The molecule has 0 spiro atoms. The molecule has 2 N–H and O–H groups in total. The molecular formula is C23H22F3N3O5S2. The first kappa shape index (κ1) is 27.0. The van der Waals surface area contributed by atoms with E-state index in [1.54, 1.807) is 31.2 Å². The van der Waals surface area contributed by atoms with Gasteiger partial charge in [0.05, 0.1) is 22.4 Å². The van der Waals surface area contributed by atoms with E-state index in [0.717, 1.165) is 34.8 Å². The number of amides is 1. The van der Waals surface area contributed by atoms with Crippen molar-refractivity contribution in [1.29, 1.82) is 0 Å². The molecule has 0 fully saturated rings. The first-order valence-corrected chi connectivity index (χ1v) is 13.6. The molecule has 3 aromatic carbocycles. The molecule has 0 radical (unpaired) electrons. The largest absolute Gasteiger partial charge is 0.416 e. The Morgan fingerprint density at radius 3 is 2.11 bits per heavy atom. The molecule has 0 saturated carbocycles. The van der Waals surface area contributed by atoms with E-state index in [4.69, 9.17) is 0 Å². The van der Waals surface area contributed by atoms with Crippen LogP contribution in [0, 0.1) is 6.92 Å². The summed E-state index contributed by atoms with van der Waals surface area (Å²) in [5.41, 5.74) is -0.0825. The van der Waals surface area contributed by atoms with Crippen molar-refractivity contribution in [3.05, 3.63) is 83.9 Å². The quantitative estimate of drug-likeness (QED) is 0.444. The Hall–Kier alpha value is -3.58. The molecule has 0 aromatic heterocycles. The standard InChI is InChI=1S/C23H22F3N3O5S2/c1-16-6-3-4-9-21(16)29(35(2,31)32)15-22(30)27-18-10-12-20(13-11-18)36(33,34)28-19-8-5-7-17(14-19)23(24,25)26/h3-14,28H,15H2,1-2H3,(H,27,30). The molecule has 0 aliphatic heterocycles. The van der Waals surface area contributed by atoms with Gasteiger partial charge in [0.2, 0.25) is 15.9 Å². The topological polar surface area (TPSA) is 113 Å². The average molecular weight is 542 g/mol. The summed E-state index contributed by atoms with van der Waals surface area (Å²) in [4.78, 5) is 12.3. The monoisotopic (exact) mass is 541 g/mol. The van der Waals surface area contributed by atoms with Crippen LogP contribution in [0.5, 0.6) is 0 Å². The number of carbonyl (C=O) groups excluding carboxylic acids is 1. The second-order valence-electron chi connectivity index (χ2n) is 7.81. The number of nitrogens with one attached hydrogen (secondary N) is 2. The lowest BCUT2D eigenvalue weighted by Gasteiger charge is -2.23. The van der Waals surface area contributed by atoms with E-state index in [1.165, 1.54) is 18.2 Å². The van der Waals surface area contributed by atoms with Crippen LogP contribution in [0.2, 0.25) is 0 Å². The average Bonchev–Trinajstić information content (AvgIpc) is 2.77. The van der Waals surface area contributed by atoms with Gasteiger partial charge in [-0.1, -0.05) is 24.3 Å². The van der Waals surface area contributed by atoms with Gasteiger partial charge in [-0.05, 0) is 61.0 Å². The van der Waals surface area contributed by atoms with E-state index in [2.05, 4.69) is 10.0 Å². The number of hydrogen-bond donors (Lipinski definition) is 2. The minimum Gasteiger partial charge on any atom is -0.325 e. The van der Waals surface area contributed by atoms with Crippen molar-refractivity contribution in [3.63, 3.8) is 0 Å². The zero-order valence-corrected chi connectivity index (χ0v) is 20.7. The third kappa shape index (κ3) is 6.76. The van der Waals surface area contributed by atoms with Gasteiger partial charge >= 0.3 is 6.18 Å². The van der Waals surface area contributed by atoms with Crippen molar-refractivity contribution < 1.29 is 34.8 Å². The van der Waals surface area contributed by atoms with Crippen LogP contribution in [-0.4, -0.2) is 35.5 Å². The molecule has 13 heteroatoms. The summed E-state index contributed by atoms with van der Waals surface area (Å²) >= 11 is 0. The zero-order valence-electron chi connectivity index (χ0n) is 19.1. The molecule has 8 nitrogen and oxygen atoms in total. The molecule has 0 aliphatic rings. The summed E-state index contributed by atoms with van der Waals surface area (Å²) in [6.07, 6.45) is -3.66. The summed E-state index contributed by atoms with van der Waals surface area (Å²) < 4.78 is 91.4. The number of aryl methyl sites for hydroxylation is 1. The Morgan fingerprint density at radius 1 is 0.889 bits per heavy atom. The summed E-state index contributed by atoms with van der Waals surface area (Å²) in [7, 11) is -8.00. The molecule has 36 heavy (non-hydrogen) atoms. The van der Waals surface area contributed by atoms with E-state index >= 15 is 0 Å². The van der Waals surface area contributed by atoms with Crippen LogP contribution in [0.4, 0.5) is 30.2 Å². The fourth-order valence-corrected chi connectivity index (χ4v) is 5.21. The lowest BCUT2D eigenvalue weighted by atomic mass is 10.2. The number of para-hydroxylation sites is 1. The first-order chi connectivity index (χ1) is 16.7. The summed E-state index contributed by atoms with van der Waals surface area (Å²) in [5.74, 6) is -0.665. The van der Waals surface area contributed by atoms with Crippen molar-refractivity contribution in [2.45, 2.75) is 18.0 Å². The maximum Gasteiger partial charge on any atom is 0.416 e. The molecule has 0 saturated heterocycles. The van der Waals surface area contributed by atoms with Gasteiger partial charge in [-0.25, -0.2) is 16.8 Å². The van der Waals surface area contributed by atoms with E-state index in [1.807, 2.05) is 0 Å². The number of nitrogens with zero attached hydrogens (tertiary/aromatic N) is 1. The van der Waals surface area contributed by atoms with E-state index in [0.29, 0.717) is 17.3 Å². The maximum absolute atomic E-state index is 12.9. The number of halogens is 3. The van der Waals surface area contributed by atoms with Crippen LogP contribution in [0.25, 0.3) is 0 Å². The number of hydrogen-bond acceptors (Lipinski definition) is 5. The summed E-state index contributed by atoms with van der Waals surface area (Å²) in [5, 5.41) is 2.50. The normalized spacial score (nSPS) is 12.1. The Bertz CT molecular complexity index is 1470. The van der Waals surface area contributed by atoms with Gasteiger partial charge in [-0.3, -0.25) is 13.8 Å². The molecular weight excluding hydrogens is 519 g/mol. The fourth-order valence-electron chi connectivity index (χ4n) is 3.25. The van der Waals surface area contributed by atoms with Crippen molar-refractivity contribution in [2.75, 3.05) is 27.1 Å². The van der Waals surface area contributed by atoms with E-state index < -0.39 is 44.2 Å². The van der Waals surface area contributed by atoms with Crippen LogP contribution < -0.4 is 14.3 Å². The third-order valence-electron chi connectivity index (χ3n) is 4.96. The highest BCUT2D eigenvalue weighted by Crippen LogP contribution is 2.31. The number of benzene rings is 3. The number of sulfonamides is 2. The minimum absolute atomic E-state index is 0.191. The molecule has 3 aromatic rings. The van der Waals surface area contributed by atoms with Crippen LogP contribution >= 0.6 is 0 Å². The highest BCUT2D eigenvalue weighted by Gasteiger charge is 2.30. The minimum atomic E-state index is -4.63. The summed E-state index contributed by atoms with van der Waals surface area (Å²) in [6.45, 7) is 1.19.